The fraction of sp³-hybridized carbons (Fsp3) is 0.235. The van der Waals surface area contributed by atoms with E-state index >= 15 is 0 Å². The smallest absolute Gasteiger partial charge is 0.326 e. The predicted molar refractivity (Wildman–Crippen MR) is 84.2 cm³/mol. The van der Waals surface area contributed by atoms with Crippen LogP contribution in [-0.4, -0.2) is 17.1 Å². The Hall–Kier alpha value is -2.33. The van der Waals surface area contributed by atoms with Gasteiger partial charge in [-0.2, -0.15) is 0 Å². The van der Waals surface area contributed by atoms with Gasteiger partial charge in [0.25, 0.3) is 0 Å². The molecule has 1 heterocycles. The molecule has 0 aromatic heterocycles. The van der Waals surface area contributed by atoms with Gasteiger partial charge in [0.2, 0.25) is 0 Å². The van der Waals surface area contributed by atoms with E-state index in [9.17, 15) is 4.79 Å². The molecule has 4 heteroatoms. The first-order valence-electron chi connectivity index (χ1n) is 6.95. The highest BCUT2D eigenvalue weighted by Crippen LogP contribution is 2.24. The van der Waals surface area contributed by atoms with E-state index in [0.29, 0.717) is 6.42 Å². The topological polar surface area (TPSA) is 75.4 Å². The second-order valence-electron chi connectivity index (χ2n) is 5.10. The van der Waals surface area contributed by atoms with Gasteiger partial charge in [0.05, 0.1) is 0 Å². The van der Waals surface area contributed by atoms with E-state index in [4.69, 9.17) is 10.8 Å². The third-order valence-electron chi connectivity index (χ3n) is 3.39. The normalized spacial score (nSPS) is 17.0. The minimum Gasteiger partial charge on any atom is -0.480 e. The number of benzene rings is 2. The molecule has 2 aromatic carbocycles. The second kappa shape index (κ2) is 6.90. The van der Waals surface area contributed by atoms with Crippen molar-refractivity contribution in [1.29, 1.82) is 0 Å². The molecule has 2 aromatic rings. The lowest BCUT2D eigenvalue weighted by Crippen LogP contribution is -2.26. The molecule has 0 bridgehead atoms. The van der Waals surface area contributed by atoms with Gasteiger partial charge in [-0.1, -0.05) is 48.5 Å². The number of rotatable bonds is 2. The van der Waals surface area contributed by atoms with Crippen molar-refractivity contribution >= 4 is 11.7 Å². The number of carboxylic acids is 1. The lowest BCUT2D eigenvalue weighted by molar-refractivity contribution is -0.137. The van der Waals surface area contributed by atoms with Crippen molar-refractivity contribution in [3.8, 4) is 0 Å². The maximum Gasteiger partial charge on any atom is 0.326 e. The molecule has 0 aliphatic carbocycles. The first-order chi connectivity index (χ1) is 10.1. The van der Waals surface area contributed by atoms with Crippen molar-refractivity contribution in [2.75, 3.05) is 5.32 Å². The number of nitrogens with one attached hydrogen (secondary N) is 1. The molecule has 2 atom stereocenters. The molecule has 110 valence electrons. The molecule has 3 rings (SSSR count). The summed E-state index contributed by atoms with van der Waals surface area (Å²) >= 11 is 0. The van der Waals surface area contributed by atoms with Gasteiger partial charge in [-0.15, -0.1) is 0 Å². The molecular formula is C17H20N2O2. The summed E-state index contributed by atoms with van der Waals surface area (Å²) in [5, 5.41) is 11.7. The lowest BCUT2D eigenvalue weighted by Gasteiger charge is -2.02. The number of hydrogen-bond acceptors (Lipinski definition) is 3. The minimum atomic E-state index is -0.786. The van der Waals surface area contributed by atoms with Gasteiger partial charge in [-0.05, 0) is 24.1 Å². The van der Waals surface area contributed by atoms with Crippen LogP contribution < -0.4 is 11.1 Å². The highest BCUT2D eigenvalue weighted by molar-refractivity contribution is 5.81. The van der Waals surface area contributed by atoms with Crippen LogP contribution >= 0.6 is 0 Å². The molecule has 1 aliphatic rings. The fourth-order valence-corrected chi connectivity index (χ4v) is 2.20. The molecule has 0 spiro atoms. The zero-order chi connectivity index (χ0) is 15.2. The Morgan fingerprint density at radius 1 is 1.19 bits per heavy atom. The van der Waals surface area contributed by atoms with E-state index in [0.717, 1.165) is 11.3 Å². The van der Waals surface area contributed by atoms with E-state index in [-0.39, 0.29) is 6.04 Å². The Balaban J connectivity index is 0.000000161. The van der Waals surface area contributed by atoms with Gasteiger partial charge in [-0.3, -0.25) is 0 Å². The van der Waals surface area contributed by atoms with Crippen LogP contribution in [0.5, 0.6) is 0 Å². The lowest BCUT2D eigenvalue weighted by atomic mass is 10.1. The molecule has 1 aliphatic heterocycles. The number of para-hydroxylation sites is 1. The third kappa shape index (κ3) is 4.07. The Morgan fingerprint density at radius 3 is 2.33 bits per heavy atom. The Bertz CT molecular complexity index is 572. The zero-order valence-electron chi connectivity index (χ0n) is 12.0. The summed E-state index contributed by atoms with van der Waals surface area (Å²) < 4.78 is 0. The Labute approximate surface area is 124 Å². The fourth-order valence-electron chi connectivity index (χ4n) is 2.20. The van der Waals surface area contributed by atoms with Crippen LogP contribution in [-0.2, 0) is 11.2 Å². The van der Waals surface area contributed by atoms with Gasteiger partial charge in [0, 0.05) is 18.2 Å². The highest BCUT2D eigenvalue weighted by Gasteiger charge is 2.25. The number of aliphatic carboxylic acids is 1. The van der Waals surface area contributed by atoms with E-state index < -0.39 is 12.0 Å². The summed E-state index contributed by atoms with van der Waals surface area (Å²) in [6.07, 6.45) is 0.589. The van der Waals surface area contributed by atoms with Crippen molar-refractivity contribution in [2.24, 2.45) is 5.73 Å². The summed E-state index contributed by atoms with van der Waals surface area (Å²) in [4.78, 5) is 10.6. The van der Waals surface area contributed by atoms with Crippen LogP contribution in [0.4, 0.5) is 5.69 Å². The molecule has 0 unspecified atom stereocenters. The number of hydrogen-bond donors (Lipinski definition) is 3. The van der Waals surface area contributed by atoms with E-state index in [2.05, 4.69) is 5.32 Å². The maximum absolute atomic E-state index is 10.6. The minimum absolute atomic E-state index is 0.159. The maximum atomic E-state index is 10.6. The van der Waals surface area contributed by atoms with Gasteiger partial charge >= 0.3 is 5.97 Å². The van der Waals surface area contributed by atoms with Crippen LogP contribution in [0, 0.1) is 0 Å². The number of fused-ring (bicyclic) bond motifs is 1. The molecule has 0 saturated heterocycles. The average molecular weight is 284 g/mol. The summed E-state index contributed by atoms with van der Waals surface area (Å²) in [6.45, 7) is 1.98. The van der Waals surface area contributed by atoms with Crippen molar-refractivity contribution in [3.63, 3.8) is 0 Å². The van der Waals surface area contributed by atoms with Crippen molar-refractivity contribution in [3.05, 3.63) is 65.7 Å². The second-order valence-corrected chi connectivity index (χ2v) is 5.10. The van der Waals surface area contributed by atoms with Crippen molar-refractivity contribution in [1.82, 2.24) is 0 Å². The number of carboxylic acid groups (broad SMARTS) is 1. The van der Waals surface area contributed by atoms with Gasteiger partial charge < -0.3 is 16.2 Å². The largest absolute Gasteiger partial charge is 0.480 e. The molecule has 0 radical (unpaired) electrons. The van der Waals surface area contributed by atoms with Crippen LogP contribution in [0.3, 0.4) is 0 Å². The zero-order valence-corrected chi connectivity index (χ0v) is 12.0. The van der Waals surface area contributed by atoms with Crippen LogP contribution in [0.1, 0.15) is 24.1 Å². The summed E-state index contributed by atoms with van der Waals surface area (Å²) in [7, 11) is 0. The monoisotopic (exact) mass is 284 g/mol. The molecule has 21 heavy (non-hydrogen) atoms. The van der Waals surface area contributed by atoms with Crippen LogP contribution in [0.15, 0.2) is 54.6 Å². The van der Waals surface area contributed by atoms with Crippen LogP contribution in [0.2, 0.25) is 0 Å². The van der Waals surface area contributed by atoms with Gasteiger partial charge in [0.15, 0.2) is 0 Å². The quantitative estimate of drug-likeness (QED) is 0.792. The Kier molecular flexibility index (Phi) is 4.95. The predicted octanol–water partition coefficient (Wildman–Crippen LogP) is 2.81. The number of anilines is 1. The molecule has 4 N–H and O–H groups in total. The molecule has 4 nitrogen and oxygen atoms in total. The highest BCUT2D eigenvalue weighted by atomic mass is 16.4. The molecule has 0 fully saturated rings. The average Bonchev–Trinajstić information content (AvgIpc) is 2.93. The van der Waals surface area contributed by atoms with Crippen molar-refractivity contribution < 1.29 is 9.90 Å². The molecule has 0 amide bonds. The molecule has 0 saturated carbocycles. The van der Waals surface area contributed by atoms with Crippen molar-refractivity contribution in [2.45, 2.75) is 25.4 Å². The SMILES string of the molecule is C[C@@H](N)c1ccccc1.O=C(O)[C@H]1Cc2ccccc2N1. The summed E-state index contributed by atoms with van der Waals surface area (Å²) in [5.41, 5.74) is 8.84. The van der Waals surface area contributed by atoms with E-state index in [1.165, 1.54) is 5.56 Å². The van der Waals surface area contributed by atoms with Gasteiger partial charge in [0.1, 0.15) is 6.04 Å². The first kappa shape index (κ1) is 15.1. The molecular weight excluding hydrogens is 264 g/mol. The number of nitrogens with two attached hydrogens (primary N) is 1. The third-order valence-corrected chi connectivity index (χ3v) is 3.39. The number of carbonyl (C=O) groups is 1. The van der Waals surface area contributed by atoms with Gasteiger partial charge in [-0.25, -0.2) is 4.79 Å². The van der Waals surface area contributed by atoms with E-state index in [1.807, 2.05) is 61.5 Å². The first-order valence-corrected chi connectivity index (χ1v) is 6.95. The van der Waals surface area contributed by atoms with E-state index in [1.54, 1.807) is 0 Å². The summed E-state index contributed by atoms with van der Waals surface area (Å²) in [6, 6.07) is 17.4. The van der Waals surface area contributed by atoms with Crippen LogP contribution in [0.25, 0.3) is 0 Å². The standard InChI is InChI=1S/C9H9NO2.C8H11N/c11-9(12)8-5-6-3-1-2-4-7(6)10-8;1-7(9)8-5-3-2-4-6-8/h1-4,8,10H,5H2,(H,11,12);2-7H,9H2,1H3/t8-;7-/m11/s1. The Morgan fingerprint density at radius 2 is 1.81 bits per heavy atom. The summed E-state index contributed by atoms with van der Waals surface area (Å²) in [5.74, 6) is -0.786.